The number of nitrogens with zero attached hydrogens (tertiary/aromatic N) is 3. The molecule has 1 amide bonds. The smallest absolute Gasteiger partial charge is 0.328 e. The number of hydrogen-bond donors (Lipinski definition) is 1. The Morgan fingerprint density at radius 1 is 1.15 bits per heavy atom. The summed E-state index contributed by atoms with van der Waals surface area (Å²) in [6, 6.07) is 14.5. The van der Waals surface area contributed by atoms with Crippen LogP contribution in [-0.2, 0) is 4.79 Å². The third-order valence-corrected chi connectivity index (χ3v) is 4.43. The number of halogens is 1. The fraction of sp³-hybridized carbons (Fsp3) is 0.0588. The quantitative estimate of drug-likeness (QED) is 0.512. The van der Waals surface area contributed by atoms with Gasteiger partial charge in [0.05, 0.1) is 5.75 Å². The number of anilines is 1. The van der Waals surface area contributed by atoms with E-state index < -0.39 is 0 Å². The molecule has 0 saturated carbocycles. The highest BCUT2D eigenvalue weighted by molar-refractivity contribution is 7.99. The van der Waals surface area contributed by atoms with Crippen molar-refractivity contribution in [2.45, 2.75) is 5.22 Å². The van der Waals surface area contributed by atoms with Gasteiger partial charge in [-0.3, -0.25) is 10.1 Å². The molecule has 0 aliphatic carbocycles. The molecule has 7 nitrogen and oxygen atoms in total. The number of thioether (sulfide) groups is 1. The molecule has 0 bridgehead atoms. The van der Waals surface area contributed by atoms with E-state index in [2.05, 4.69) is 20.4 Å². The third kappa shape index (κ3) is 3.71. The summed E-state index contributed by atoms with van der Waals surface area (Å²) in [6.07, 6.45) is 0. The average Bonchev–Trinajstić information content (AvgIpc) is 3.27. The maximum absolute atomic E-state index is 12.1. The molecule has 130 valence electrons. The lowest BCUT2D eigenvalue weighted by molar-refractivity contribution is -0.114. The van der Waals surface area contributed by atoms with Crippen LogP contribution in [0.15, 0.2) is 62.7 Å². The van der Waals surface area contributed by atoms with Crippen LogP contribution in [0.1, 0.15) is 0 Å². The first-order chi connectivity index (χ1) is 12.7. The van der Waals surface area contributed by atoms with Gasteiger partial charge in [0, 0.05) is 16.7 Å². The zero-order valence-corrected chi connectivity index (χ0v) is 14.8. The lowest BCUT2D eigenvalue weighted by Crippen LogP contribution is -2.14. The maximum Gasteiger partial charge on any atom is 0.328 e. The fourth-order valence-electron chi connectivity index (χ4n) is 2.20. The second-order valence-corrected chi connectivity index (χ2v) is 6.58. The Morgan fingerprint density at radius 3 is 2.85 bits per heavy atom. The second-order valence-electron chi connectivity index (χ2n) is 5.22. The summed E-state index contributed by atoms with van der Waals surface area (Å²) < 4.78 is 10.6. The molecule has 0 spiro atoms. The molecule has 26 heavy (non-hydrogen) atoms. The van der Waals surface area contributed by atoms with Crippen molar-refractivity contribution in [3.8, 4) is 11.4 Å². The SMILES string of the molecule is O=C(CSc1nc2ccc(Cl)cc2o1)Nc1nc(-c2ccccc2)no1. The number of nitrogens with one attached hydrogen (secondary N) is 1. The zero-order chi connectivity index (χ0) is 17.9. The van der Waals surface area contributed by atoms with Gasteiger partial charge in [-0.15, -0.1) is 0 Å². The minimum absolute atomic E-state index is 0.0406. The van der Waals surface area contributed by atoms with Gasteiger partial charge in [-0.25, -0.2) is 4.98 Å². The van der Waals surface area contributed by atoms with Gasteiger partial charge >= 0.3 is 6.01 Å². The van der Waals surface area contributed by atoms with Crippen molar-refractivity contribution in [1.29, 1.82) is 0 Å². The first-order valence-electron chi connectivity index (χ1n) is 7.55. The standard InChI is InChI=1S/C17H11ClN4O3S/c18-11-6-7-12-13(8-11)24-17(19-12)26-9-14(23)20-16-21-15(22-25-16)10-4-2-1-3-5-10/h1-8H,9H2,(H,20,21,22,23). The molecule has 0 fully saturated rings. The number of oxazole rings is 1. The number of carbonyl (C=O) groups is 1. The second kappa shape index (κ2) is 7.19. The summed E-state index contributed by atoms with van der Waals surface area (Å²) in [5, 5.41) is 7.34. The van der Waals surface area contributed by atoms with Crippen molar-refractivity contribution in [3.05, 3.63) is 53.6 Å². The molecule has 2 aromatic heterocycles. The molecule has 4 rings (SSSR count). The molecule has 0 radical (unpaired) electrons. The topological polar surface area (TPSA) is 94.1 Å². The Kier molecular flexibility index (Phi) is 4.59. The van der Waals surface area contributed by atoms with Gasteiger partial charge in [0.2, 0.25) is 11.7 Å². The van der Waals surface area contributed by atoms with Gasteiger partial charge in [-0.05, 0) is 12.1 Å². The lowest BCUT2D eigenvalue weighted by Gasteiger charge is -1.97. The Bertz CT molecular complexity index is 1060. The molecule has 0 aliphatic rings. The van der Waals surface area contributed by atoms with E-state index in [-0.39, 0.29) is 17.7 Å². The zero-order valence-electron chi connectivity index (χ0n) is 13.2. The van der Waals surface area contributed by atoms with Crippen molar-refractivity contribution in [1.82, 2.24) is 15.1 Å². The van der Waals surface area contributed by atoms with Crippen LogP contribution in [0.3, 0.4) is 0 Å². The van der Waals surface area contributed by atoms with E-state index >= 15 is 0 Å². The van der Waals surface area contributed by atoms with E-state index in [0.717, 1.165) is 17.3 Å². The van der Waals surface area contributed by atoms with Crippen LogP contribution in [0.4, 0.5) is 6.01 Å². The molecule has 0 saturated heterocycles. The predicted molar refractivity (Wildman–Crippen MR) is 98.1 cm³/mol. The molecule has 2 heterocycles. The van der Waals surface area contributed by atoms with E-state index in [1.54, 1.807) is 18.2 Å². The number of fused-ring (bicyclic) bond motifs is 1. The molecule has 9 heteroatoms. The van der Waals surface area contributed by atoms with Crippen LogP contribution in [0, 0.1) is 0 Å². The van der Waals surface area contributed by atoms with Crippen LogP contribution < -0.4 is 5.32 Å². The monoisotopic (exact) mass is 386 g/mol. The number of carbonyl (C=O) groups excluding carboxylic acids is 1. The van der Waals surface area contributed by atoms with Gasteiger partial charge in [-0.2, -0.15) is 4.98 Å². The van der Waals surface area contributed by atoms with Crippen molar-refractivity contribution < 1.29 is 13.7 Å². The third-order valence-electron chi connectivity index (χ3n) is 3.36. The molecular formula is C17H11ClN4O3S. The normalized spacial score (nSPS) is 11.0. The number of rotatable bonds is 5. The molecule has 0 aliphatic heterocycles. The van der Waals surface area contributed by atoms with E-state index in [0.29, 0.717) is 27.2 Å². The fourth-order valence-corrected chi connectivity index (χ4v) is 3.00. The maximum atomic E-state index is 12.1. The van der Waals surface area contributed by atoms with Crippen LogP contribution in [0.2, 0.25) is 5.02 Å². The van der Waals surface area contributed by atoms with E-state index in [1.807, 2.05) is 30.3 Å². The highest BCUT2D eigenvalue weighted by Crippen LogP contribution is 2.25. The Balaban J connectivity index is 1.37. The highest BCUT2D eigenvalue weighted by Gasteiger charge is 2.13. The van der Waals surface area contributed by atoms with E-state index in [1.165, 1.54) is 0 Å². The largest absolute Gasteiger partial charge is 0.431 e. The summed E-state index contributed by atoms with van der Waals surface area (Å²) in [5.41, 5.74) is 2.06. The van der Waals surface area contributed by atoms with Gasteiger partial charge in [0.1, 0.15) is 5.52 Å². The highest BCUT2D eigenvalue weighted by atomic mass is 35.5. The minimum atomic E-state index is -0.307. The molecule has 2 aromatic carbocycles. The van der Waals surface area contributed by atoms with Gasteiger partial charge < -0.3 is 8.94 Å². The van der Waals surface area contributed by atoms with Crippen molar-refractivity contribution in [3.63, 3.8) is 0 Å². The van der Waals surface area contributed by atoms with Crippen LogP contribution in [0.25, 0.3) is 22.5 Å². The molecule has 0 unspecified atom stereocenters. The summed E-state index contributed by atoms with van der Waals surface area (Å²) in [7, 11) is 0. The molecule has 4 aromatic rings. The number of aromatic nitrogens is 3. The Labute approximate surface area is 156 Å². The Hall–Kier alpha value is -2.84. The van der Waals surface area contributed by atoms with E-state index in [4.69, 9.17) is 20.5 Å². The summed E-state index contributed by atoms with van der Waals surface area (Å²) in [6.45, 7) is 0. The average molecular weight is 387 g/mol. The molecular weight excluding hydrogens is 376 g/mol. The van der Waals surface area contributed by atoms with E-state index in [9.17, 15) is 4.79 Å². The van der Waals surface area contributed by atoms with Crippen LogP contribution in [-0.4, -0.2) is 26.8 Å². The van der Waals surface area contributed by atoms with Crippen molar-refractivity contribution >= 4 is 46.4 Å². The summed E-state index contributed by atoms with van der Waals surface area (Å²) in [5.74, 6) is 0.187. The van der Waals surface area contributed by atoms with Crippen molar-refractivity contribution in [2.75, 3.05) is 11.1 Å². The summed E-state index contributed by atoms with van der Waals surface area (Å²) >= 11 is 7.07. The molecule has 1 N–H and O–H groups in total. The number of amides is 1. The first kappa shape index (κ1) is 16.6. The first-order valence-corrected chi connectivity index (χ1v) is 8.91. The van der Waals surface area contributed by atoms with Crippen LogP contribution >= 0.6 is 23.4 Å². The number of hydrogen-bond acceptors (Lipinski definition) is 7. The van der Waals surface area contributed by atoms with Gasteiger partial charge in [0.25, 0.3) is 5.22 Å². The Morgan fingerprint density at radius 2 is 2.00 bits per heavy atom. The van der Waals surface area contributed by atoms with Gasteiger partial charge in [-0.1, -0.05) is 58.9 Å². The lowest BCUT2D eigenvalue weighted by atomic mass is 10.2. The predicted octanol–water partition coefficient (Wildman–Crippen LogP) is 4.26. The summed E-state index contributed by atoms with van der Waals surface area (Å²) in [4.78, 5) is 20.5. The van der Waals surface area contributed by atoms with Crippen molar-refractivity contribution in [2.24, 2.45) is 0 Å². The van der Waals surface area contributed by atoms with Crippen LogP contribution in [0.5, 0.6) is 0 Å². The van der Waals surface area contributed by atoms with Gasteiger partial charge in [0.15, 0.2) is 5.58 Å². The number of benzene rings is 2. The minimum Gasteiger partial charge on any atom is -0.431 e. The molecule has 0 atom stereocenters.